The molecule has 0 amide bonds. The summed E-state index contributed by atoms with van der Waals surface area (Å²) in [5, 5.41) is 12.4. The van der Waals surface area contributed by atoms with Gasteiger partial charge in [-0.1, -0.05) is 0 Å². The summed E-state index contributed by atoms with van der Waals surface area (Å²) >= 11 is 0. The fraction of sp³-hybridized carbons (Fsp3) is 0.667. The molecule has 1 rings (SSSR count). The molecule has 1 atom stereocenters. The van der Waals surface area contributed by atoms with Crippen LogP contribution in [-0.4, -0.2) is 17.0 Å². The van der Waals surface area contributed by atoms with Gasteiger partial charge in [-0.3, -0.25) is 5.73 Å². The standard InChI is InChI=1S/C6H14N4O/c1-6(2,11)4-3-8-10-5(7)9-4/h3,5,8-11H,7H2,1-2H3. The molecule has 5 nitrogen and oxygen atoms in total. The van der Waals surface area contributed by atoms with E-state index in [1.165, 1.54) is 0 Å². The van der Waals surface area contributed by atoms with Crippen LogP contribution in [0.5, 0.6) is 0 Å². The van der Waals surface area contributed by atoms with Gasteiger partial charge in [-0.2, -0.15) is 0 Å². The number of hydrogen-bond acceptors (Lipinski definition) is 5. The Morgan fingerprint density at radius 3 is 2.64 bits per heavy atom. The summed E-state index contributed by atoms with van der Waals surface area (Å²) in [5.74, 6) is 0. The molecule has 11 heavy (non-hydrogen) atoms. The van der Waals surface area contributed by atoms with Crippen molar-refractivity contribution in [3.63, 3.8) is 0 Å². The lowest BCUT2D eigenvalue weighted by Gasteiger charge is -2.30. The van der Waals surface area contributed by atoms with Gasteiger partial charge in [0.25, 0.3) is 0 Å². The lowest BCUT2D eigenvalue weighted by atomic mass is 10.1. The molecule has 5 heteroatoms. The van der Waals surface area contributed by atoms with E-state index in [1.807, 2.05) is 0 Å². The zero-order valence-corrected chi connectivity index (χ0v) is 6.68. The first-order valence-electron chi connectivity index (χ1n) is 3.46. The molecule has 0 saturated carbocycles. The monoisotopic (exact) mass is 158 g/mol. The molecule has 0 radical (unpaired) electrons. The zero-order valence-electron chi connectivity index (χ0n) is 6.68. The maximum atomic E-state index is 9.51. The average Bonchev–Trinajstić information content (AvgIpc) is 1.86. The summed E-state index contributed by atoms with van der Waals surface area (Å²) in [6, 6.07) is 0. The smallest absolute Gasteiger partial charge is 0.146 e. The molecule has 6 N–H and O–H groups in total. The molecule has 64 valence electrons. The minimum absolute atomic E-state index is 0.360. The summed E-state index contributed by atoms with van der Waals surface area (Å²) in [7, 11) is 0. The van der Waals surface area contributed by atoms with E-state index in [-0.39, 0.29) is 6.29 Å². The Bertz CT molecular complexity index is 172. The topological polar surface area (TPSA) is 82.3 Å². The van der Waals surface area contributed by atoms with Crippen LogP contribution >= 0.6 is 0 Å². The Hall–Kier alpha value is -0.780. The van der Waals surface area contributed by atoms with Gasteiger partial charge >= 0.3 is 0 Å². The van der Waals surface area contributed by atoms with E-state index in [0.717, 1.165) is 0 Å². The SMILES string of the molecule is CC(C)(O)C1=CNNC(N)N1. The second-order valence-electron chi connectivity index (χ2n) is 3.03. The maximum Gasteiger partial charge on any atom is 0.146 e. The van der Waals surface area contributed by atoms with E-state index in [1.54, 1.807) is 20.0 Å². The van der Waals surface area contributed by atoms with Crippen molar-refractivity contribution in [1.82, 2.24) is 16.2 Å². The van der Waals surface area contributed by atoms with Crippen LogP contribution in [0.2, 0.25) is 0 Å². The molecule has 0 aromatic rings. The first-order valence-corrected chi connectivity index (χ1v) is 3.46. The number of nitrogens with two attached hydrogens (primary N) is 1. The van der Waals surface area contributed by atoms with Crippen LogP contribution < -0.4 is 21.9 Å². The minimum Gasteiger partial charge on any atom is -0.384 e. The molecular formula is C6H14N4O. The van der Waals surface area contributed by atoms with Gasteiger partial charge in [0.2, 0.25) is 0 Å². The fourth-order valence-corrected chi connectivity index (χ4v) is 0.802. The predicted octanol–water partition coefficient (Wildman–Crippen LogP) is -1.46. The van der Waals surface area contributed by atoms with Crippen molar-refractivity contribution in [3.05, 3.63) is 11.9 Å². The third kappa shape index (κ3) is 2.07. The van der Waals surface area contributed by atoms with Gasteiger partial charge < -0.3 is 15.8 Å². The molecular weight excluding hydrogens is 144 g/mol. The van der Waals surface area contributed by atoms with Crippen molar-refractivity contribution < 1.29 is 5.11 Å². The van der Waals surface area contributed by atoms with Crippen LogP contribution in [0.1, 0.15) is 13.8 Å². The first-order chi connectivity index (χ1) is 5.00. The first kappa shape index (κ1) is 8.32. The molecule has 0 aromatic carbocycles. The van der Waals surface area contributed by atoms with Crippen molar-refractivity contribution in [2.24, 2.45) is 5.73 Å². The Morgan fingerprint density at radius 1 is 1.64 bits per heavy atom. The van der Waals surface area contributed by atoms with Crippen LogP contribution in [0.4, 0.5) is 0 Å². The van der Waals surface area contributed by atoms with Gasteiger partial charge in [0.15, 0.2) is 0 Å². The van der Waals surface area contributed by atoms with E-state index < -0.39 is 5.60 Å². The van der Waals surface area contributed by atoms with E-state index in [0.29, 0.717) is 5.70 Å². The van der Waals surface area contributed by atoms with Crippen molar-refractivity contribution >= 4 is 0 Å². The average molecular weight is 158 g/mol. The van der Waals surface area contributed by atoms with Gasteiger partial charge in [0.1, 0.15) is 6.29 Å². The number of hydrogen-bond donors (Lipinski definition) is 5. The fourth-order valence-electron chi connectivity index (χ4n) is 0.802. The van der Waals surface area contributed by atoms with Gasteiger partial charge in [0, 0.05) is 6.20 Å². The van der Waals surface area contributed by atoms with Gasteiger partial charge in [-0.25, -0.2) is 5.43 Å². The summed E-state index contributed by atoms with van der Waals surface area (Å²) in [5.41, 5.74) is 10.7. The second kappa shape index (κ2) is 2.69. The van der Waals surface area contributed by atoms with Crippen molar-refractivity contribution in [2.75, 3.05) is 0 Å². The summed E-state index contributed by atoms with van der Waals surface area (Å²) in [6.07, 6.45) is 1.28. The molecule has 0 spiro atoms. The second-order valence-corrected chi connectivity index (χ2v) is 3.03. The predicted molar refractivity (Wildman–Crippen MR) is 41.8 cm³/mol. The summed E-state index contributed by atoms with van der Waals surface area (Å²) < 4.78 is 0. The van der Waals surface area contributed by atoms with Gasteiger partial charge in [0.05, 0.1) is 11.3 Å². The van der Waals surface area contributed by atoms with Crippen LogP contribution in [0, 0.1) is 0 Å². The normalized spacial score (nSPS) is 25.1. The van der Waals surface area contributed by atoms with Gasteiger partial charge in [-0.15, -0.1) is 0 Å². The molecule has 0 saturated heterocycles. The van der Waals surface area contributed by atoms with Crippen LogP contribution in [0.25, 0.3) is 0 Å². The summed E-state index contributed by atoms with van der Waals surface area (Å²) in [6.45, 7) is 3.37. The lowest BCUT2D eigenvalue weighted by molar-refractivity contribution is 0.103. The van der Waals surface area contributed by atoms with Crippen molar-refractivity contribution in [2.45, 2.75) is 25.7 Å². The highest BCUT2D eigenvalue weighted by atomic mass is 16.3. The quantitative estimate of drug-likeness (QED) is 0.322. The molecule has 1 unspecified atom stereocenters. The molecule has 0 bridgehead atoms. The maximum absolute atomic E-state index is 9.51. The third-order valence-electron chi connectivity index (χ3n) is 1.43. The van der Waals surface area contributed by atoms with Crippen LogP contribution in [-0.2, 0) is 0 Å². The highest BCUT2D eigenvalue weighted by Gasteiger charge is 2.22. The molecule has 0 aromatic heterocycles. The Morgan fingerprint density at radius 2 is 2.27 bits per heavy atom. The molecule has 0 aliphatic carbocycles. The number of nitrogens with one attached hydrogen (secondary N) is 3. The largest absolute Gasteiger partial charge is 0.384 e. The summed E-state index contributed by atoms with van der Waals surface area (Å²) in [4.78, 5) is 0. The third-order valence-corrected chi connectivity index (χ3v) is 1.43. The number of aliphatic hydroxyl groups is 1. The Balaban J connectivity index is 2.65. The zero-order chi connectivity index (χ0) is 8.48. The minimum atomic E-state index is -0.882. The number of hydrazine groups is 1. The molecule has 1 heterocycles. The molecule has 0 fully saturated rings. The molecule has 1 aliphatic rings. The van der Waals surface area contributed by atoms with Crippen molar-refractivity contribution in [3.8, 4) is 0 Å². The lowest BCUT2D eigenvalue weighted by Crippen LogP contribution is -2.59. The molecule has 1 aliphatic heterocycles. The Kier molecular flexibility index (Phi) is 2.03. The van der Waals surface area contributed by atoms with E-state index in [9.17, 15) is 5.11 Å². The van der Waals surface area contributed by atoms with Crippen LogP contribution in [0.3, 0.4) is 0 Å². The highest BCUT2D eigenvalue weighted by molar-refractivity contribution is 5.12. The van der Waals surface area contributed by atoms with Gasteiger partial charge in [-0.05, 0) is 13.8 Å². The van der Waals surface area contributed by atoms with E-state index >= 15 is 0 Å². The Labute approximate surface area is 65.6 Å². The van der Waals surface area contributed by atoms with Crippen LogP contribution in [0.15, 0.2) is 11.9 Å². The number of rotatable bonds is 1. The van der Waals surface area contributed by atoms with Crippen molar-refractivity contribution in [1.29, 1.82) is 0 Å². The van der Waals surface area contributed by atoms with E-state index in [4.69, 9.17) is 5.73 Å². The van der Waals surface area contributed by atoms with E-state index in [2.05, 4.69) is 16.2 Å². The highest BCUT2D eigenvalue weighted by Crippen LogP contribution is 2.12.